The van der Waals surface area contributed by atoms with Crippen LogP contribution in [0.1, 0.15) is 56.3 Å². The molecule has 1 aromatic carbocycles. The van der Waals surface area contributed by atoms with Crippen LogP contribution in [0, 0.1) is 6.92 Å². The molecule has 0 bridgehead atoms. The van der Waals surface area contributed by atoms with E-state index in [9.17, 15) is 0 Å². The second-order valence-electron chi connectivity index (χ2n) is 7.31. The van der Waals surface area contributed by atoms with Crippen molar-refractivity contribution in [2.45, 2.75) is 57.8 Å². The third kappa shape index (κ3) is 5.31. The number of benzene rings is 1. The summed E-state index contributed by atoms with van der Waals surface area (Å²) in [6.07, 6.45) is 6.72. The maximum absolute atomic E-state index is 5.16. The lowest BCUT2D eigenvalue weighted by Crippen LogP contribution is -2.39. The minimum Gasteiger partial charge on any atom is -0.357 e. The summed E-state index contributed by atoms with van der Waals surface area (Å²) in [4.78, 5) is 9.18. The van der Waals surface area contributed by atoms with Gasteiger partial charge in [-0.15, -0.1) is 0 Å². The lowest BCUT2D eigenvalue weighted by Gasteiger charge is -2.28. The summed E-state index contributed by atoms with van der Waals surface area (Å²) in [7, 11) is 0. The number of hydrogen-bond donors (Lipinski definition) is 2. The van der Waals surface area contributed by atoms with Gasteiger partial charge in [-0.2, -0.15) is 4.98 Å². The number of rotatable bonds is 8. The van der Waals surface area contributed by atoms with Gasteiger partial charge in [0, 0.05) is 24.9 Å². The van der Waals surface area contributed by atoms with Crippen molar-refractivity contribution in [3.8, 4) is 0 Å². The number of guanidine groups is 1. The van der Waals surface area contributed by atoms with Crippen molar-refractivity contribution in [3.05, 3.63) is 47.6 Å². The van der Waals surface area contributed by atoms with Crippen molar-refractivity contribution in [1.82, 2.24) is 20.8 Å². The van der Waals surface area contributed by atoms with Gasteiger partial charge in [-0.25, -0.2) is 0 Å². The van der Waals surface area contributed by atoms with E-state index >= 15 is 0 Å². The van der Waals surface area contributed by atoms with E-state index in [1.807, 2.05) is 6.92 Å². The molecule has 1 aliphatic rings. The Kier molecular flexibility index (Phi) is 6.85. The number of aromatic nitrogens is 2. The molecule has 0 spiro atoms. The van der Waals surface area contributed by atoms with Crippen LogP contribution in [0.3, 0.4) is 0 Å². The molecule has 0 atom stereocenters. The average molecular weight is 370 g/mol. The van der Waals surface area contributed by atoms with Crippen LogP contribution < -0.4 is 10.6 Å². The van der Waals surface area contributed by atoms with Gasteiger partial charge in [-0.05, 0) is 38.7 Å². The molecule has 146 valence electrons. The first-order chi connectivity index (χ1) is 13.2. The highest BCUT2D eigenvalue weighted by Gasteiger charge is 2.35. The normalized spacial score (nSPS) is 16.4. The number of aryl methyl sites for hydroxylation is 2. The van der Waals surface area contributed by atoms with Gasteiger partial charge in [-0.1, -0.05) is 48.3 Å². The molecule has 6 nitrogen and oxygen atoms in total. The van der Waals surface area contributed by atoms with E-state index in [0.29, 0.717) is 11.7 Å². The second kappa shape index (κ2) is 9.53. The second-order valence-corrected chi connectivity index (χ2v) is 7.31. The SMILES string of the molecule is CCNC(=NCC1(c2ccccc2)CCCC1)NCCCc1nc(C)no1. The Labute approximate surface area is 161 Å². The molecule has 6 heteroatoms. The van der Waals surface area contributed by atoms with Gasteiger partial charge in [0.25, 0.3) is 0 Å². The highest BCUT2D eigenvalue weighted by Crippen LogP contribution is 2.41. The molecule has 1 aromatic heterocycles. The number of nitrogens with one attached hydrogen (secondary N) is 2. The first-order valence-electron chi connectivity index (χ1n) is 10.1. The van der Waals surface area contributed by atoms with Gasteiger partial charge >= 0.3 is 0 Å². The van der Waals surface area contributed by atoms with E-state index < -0.39 is 0 Å². The lowest BCUT2D eigenvalue weighted by molar-refractivity contribution is 0.372. The Morgan fingerprint density at radius 1 is 1.19 bits per heavy atom. The third-order valence-electron chi connectivity index (χ3n) is 5.26. The van der Waals surface area contributed by atoms with Crippen LogP contribution in [-0.2, 0) is 11.8 Å². The molecule has 0 saturated heterocycles. The molecular weight excluding hydrogens is 338 g/mol. The maximum atomic E-state index is 5.16. The minimum atomic E-state index is 0.185. The monoisotopic (exact) mass is 369 g/mol. The Morgan fingerprint density at radius 3 is 2.63 bits per heavy atom. The van der Waals surface area contributed by atoms with Crippen molar-refractivity contribution in [2.24, 2.45) is 4.99 Å². The number of hydrogen-bond acceptors (Lipinski definition) is 4. The van der Waals surface area contributed by atoms with Crippen molar-refractivity contribution in [3.63, 3.8) is 0 Å². The molecule has 0 unspecified atom stereocenters. The molecule has 27 heavy (non-hydrogen) atoms. The third-order valence-corrected chi connectivity index (χ3v) is 5.26. The topological polar surface area (TPSA) is 75.3 Å². The summed E-state index contributed by atoms with van der Waals surface area (Å²) in [5.41, 5.74) is 1.61. The molecule has 0 aliphatic heterocycles. The average Bonchev–Trinajstić information content (AvgIpc) is 3.34. The van der Waals surface area contributed by atoms with Gasteiger partial charge < -0.3 is 15.2 Å². The van der Waals surface area contributed by atoms with Crippen LogP contribution in [0.4, 0.5) is 0 Å². The molecule has 0 radical (unpaired) electrons. The van der Waals surface area contributed by atoms with E-state index in [4.69, 9.17) is 9.52 Å². The largest absolute Gasteiger partial charge is 0.357 e. The fraction of sp³-hybridized carbons (Fsp3) is 0.571. The summed E-state index contributed by atoms with van der Waals surface area (Å²) >= 11 is 0. The maximum Gasteiger partial charge on any atom is 0.226 e. The first kappa shape index (κ1) is 19.4. The van der Waals surface area contributed by atoms with Crippen LogP contribution >= 0.6 is 0 Å². The Morgan fingerprint density at radius 2 is 1.96 bits per heavy atom. The van der Waals surface area contributed by atoms with Crippen molar-refractivity contribution < 1.29 is 4.52 Å². The fourth-order valence-electron chi connectivity index (χ4n) is 3.84. The van der Waals surface area contributed by atoms with Gasteiger partial charge in [-0.3, -0.25) is 4.99 Å². The summed E-state index contributed by atoms with van der Waals surface area (Å²) < 4.78 is 5.16. The zero-order chi connectivity index (χ0) is 19.0. The molecule has 1 saturated carbocycles. The summed E-state index contributed by atoms with van der Waals surface area (Å²) in [6.45, 7) is 6.45. The molecule has 2 N–H and O–H groups in total. The van der Waals surface area contributed by atoms with E-state index in [2.05, 4.69) is 58.0 Å². The zero-order valence-electron chi connectivity index (χ0n) is 16.5. The smallest absolute Gasteiger partial charge is 0.226 e. The number of aliphatic imine (C=N–C) groups is 1. The Bertz CT molecular complexity index is 719. The van der Waals surface area contributed by atoms with Crippen LogP contribution in [0.25, 0.3) is 0 Å². The molecule has 0 amide bonds. The van der Waals surface area contributed by atoms with Gasteiger partial charge in [0.15, 0.2) is 11.8 Å². The van der Waals surface area contributed by atoms with Crippen LogP contribution in [-0.4, -0.2) is 35.7 Å². The predicted molar refractivity (Wildman–Crippen MR) is 108 cm³/mol. The van der Waals surface area contributed by atoms with Crippen LogP contribution in [0.2, 0.25) is 0 Å². The van der Waals surface area contributed by atoms with E-state index in [0.717, 1.165) is 38.4 Å². The minimum absolute atomic E-state index is 0.185. The summed E-state index contributed by atoms with van der Waals surface area (Å²) in [5.74, 6) is 2.28. The standard InChI is InChI=1S/C21H31N5O/c1-3-22-20(23-15-9-12-19-25-17(2)26-27-19)24-16-21(13-7-8-14-21)18-10-5-4-6-11-18/h4-6,10-11H,3,7-9,12-16H2,1-2H3,(H2,22,23,24). The van der Waals surface area contributed by atoms with E-state index in [1.165, 1.54) is 31.2 Å². The molecule has 2 aromatic rings. The highest BCUT2D eigenvalue weighted by molar-refractivity contribution is 5.79. The van der Waals surface area contributed by atoms with Gasteiger partial charge in [0.2, 0.25) is 5.89 Å². The Balaban J connectivity index is 1.57. The first-order valence-corrected chi connectivity index (χ1v) is 10.1. The van der Waals surface area contributed by atoms with Crippen molar-refractivity contribution >= 4 is 5.96 Å². The highest BCUT2D eigenvalue weighted by atomic mass is 16.5. The summed E-state index contributed by atoms with van der Waals surface area (Å²) in [6, 6.07) is 10.9. The van der Waals surface area contributed by atoms with Crippen molar-refractivity contribution in [2.75, 3.05) is 19.6 Å². The Hall–Kier alpha value is -2.37. The van der Waals surface area contributed by atoms with Crippen molar-refractivity contribution in [1.29, 1.82) is 0 Å². The van der Waals surface area contributed by atoms with Crippen LogP contribution in [0.5, 0.6) is 0 Å². The fourth-order valence-corrected chi connectivity index (χ4v) is 3.84. The van der Waals surface area contributed by atoms with Gasteiger partial charge in [0.1, 0.15) is 0 Å². The van der Waals surface area contributed by atoms with Crippen LogP contribution in [0.15, 0.2) is 39.8 Å². The summed E-state index contributed by atoms with van der Waals surface area (Å²) in [5, 5.41) is 10.6. The van der Waals surface area contributed by atoms with E-state index in [1.54, 1.807) is 0 Å². The number of nitrogens with zero attached hydrogens (tertiary/aromatic N) is 3. The molecule has 1 fully saturated rings. The predicted octanol–water partition coefficient (Wildman–Crippen LogP) is 3.38. The quantitative estimate of drug-likeness (QED) is 0.424. The lowest BCUT2D eigenvalue weighted by atomic mass is 9.79. The zero-order valence-corrected chi connectivity index (χ0v) is 16.5. The van der Waals surface area contributed by atoms with Gasteiger partial charge in [0.05, 0.1) is 6.54 Å². The molecule has 1 aliphatic carbocycles. The molecule has 3 rings (SSSR count). The molecular formula is C21H31N5O. The van der Waals surface area contributed by atoms with E-state index in [-0.39, 0.29) is 5.41 Å². The molecule has 1 heterocycles.